The molecule has 0 aliphatic rings. The zero-order chi connectivity index (χ0) is 13.9. The molecule has 2 rings (SSSR count). The minimum atomic E-state index is -3.22. The maximum absolute atomic E-state index is 11.3. The van der Waals surface area contributed by atoms with Crippen LogP contribution in [0.5, 0.6) is 11.6 Å². The van der Waals surface area contributed by atoms with Gasteiger partial charge in [-0.2, -0.15) is 5.26 Å². The minimum Gasteiger partial charge on any atom is -0.438 e. The third-order valence-electron chi connectivity index (χ3n) is 2.22. The zero-order valence-corrected chi connectivity index (χ0v) is 10.8. The Balaban J connectivity index is 2.17. The lowest BCUT2D eigenvalue weighted by atomic mass is 10.3. The van der Waals surface area contributed by atoms with Crippen LogP contribution in [-0.4, -0.2) is 24.6 Å². The topological polar surface area (TPSA) is 92.9 Å². The molecule has 0 aliphatic carbocycles. The predicted octanol–water partition coefficient (Wildman–Crippen LogP) is 1.54. The van der Waals surface area contributed by atoms with Gasteiger partial charge in [0.15, 0.2) is 15.5 Å². The van der Waals surface area contributed by atoms with Gasteiger partial charge in [-0.25, -0.2) is 18.4 Å². The summed E-state index contributed by atoms with van der Waals surface area (Å²) < 4.78 is 27.9. The van der Waals surface area contributed by atoms with E-state index in [1.165, 1.54) is 36.7 Å². The van der Waals surface area contributed by atoms with Gasteiger partial charge in [-0.05, 0) is 24.3 Å². The highest BCUT2D eigenvalue weighted by Gasteiger charge is 2.07. The Morgan fingerprint density at radius 1 is 1.16 bits per heavy atom. The molecule has 1 aromatic heterocycles. The summed E-state index contributed by atoms with van der Waals surface area (Å²) in [5, 5.41) is 8.57. The number of aromatic nitrogens is 2. The molecule has 0 saturated carbocycles. The van der Waals surface area contributed by atoms with Crippen molar-refractivity contribution in [3.05, 3.63) is 42.4 Å². The number of rotatable bonds is 3. The third-order valence-corrected chi connectivity index (χ3v) is 3.35. The van der Waals surface area contributed by atoms with Crippen molar-refractivity contribution in [3.63, 3.8) is 0 Å². The van der Waals surface area contributed by atoms with E-state index >= 15 is 0 Å². The van der Waals surface area contributed by atoms with E-state index < -0.39 is 9.84 Å². The SMILES string of the molecule is CS(=O)(=O)c1ccc(Oc2cnc(C#N)cn2)cc1. The molecule has 0 atom stereocenters. The second-order valence-electron chi connectivity index (χ2n) is 3.70. The van der Waals surface area contributed by atoms with Crippen LogP contribution < -0.4 is 4.74 Å². The molecule has 0 saturated heterocycles. The van der Waals surface area contributed by atoms with E-state index in [0.717, 1.165) is 6.26 Å². The number of hydrogen-bond donors (Lipinski definition) is 0. The Hall–Kier alpha value is -2.46. The molecule has 0 N–H and O–H groups in total. The van der Waals surface area contributed by atoms with Crippen molar-refractivity contribution in [3.8, 4) is 17.7 Å². The van der Waals surface area contributed by atoms with E-state index in [0.29, 0.717) is 5.75 Å². The largest absolute Gasteiger partial charge is 0.438 e. The predicted molar refractivity (Wildman–Crippen MR) is 66.4 cm³/mol. The Kier molecular flexibility index (Phi) is 3.44. The fourth-order valence-electron chi connectivity index (χ4n) is 1.30. The fraction of sp³-hybridized carbons (Fsp3) is 0.0833. The maximum atomic E-state index is 11.3. The van der Waals surface area contributed by atoms with Crippen molar-refractivity contribution >= 4 is 9.84 Å². The van der Waals surface area contributed by atoms with Crippen LogP contribution in [0.3, 0.4) is 0 Å². The standard InChI is InChI=1S/C12H9N3O3S/c1-19(16,17)11-4-2-10(3-5-11)18-12-8-14-9(6-13)7-15-12/h2-5,7-8H,1H3. The lowest BCUT2D eigenvalue weighted by Gasteiger charge is -2.04. The lowest BCUT2D eigenvalue weighted by molar-refractivity contribution is 0.459. The molecule has 6 nitrogen and oxygen atoms in total. The van der Waals surface area contributed by atoms with Crippen LogP contribution in [0.4, 0.5) is 0 Å². The molecule has 7 heteroatoms. The number of nitriles is 1. The van der Waals surface area contributed by atoms with Gasteiger partial charge in [0.25, 0.3) is 0 Å². The summed E-state index contributed by atoms with van der Waals surface area (Å²) in [5.74, 6) is 0.664. The maximum Gasteiger partial charge on any atom is 0.237 e. The third kappa shape index (κ3) is 3.26. The average Bonchev–Trinajstić information content (AvgIpc) is 2.39. The monoisotopic (exact) mass is 275 g/mol. The van der Waals surface area contributed by atoms with Crippen LogP contribution in [0.25, 0.3) is 0 Å². The first kappa shape index (κ1) is 13.0. The van der Waals surface area contributed by atoms with Crippen molar-refractivity contribution in [2.45, 2.75) is 4.90 Å². The molecule has 0 amide bonds. The molecule has 0 fully saturated rings. The second-order valence-corrected chi connectivity index (χ2v) is 5.71. The van der Waals surface area contributed by atoms with Gasteiger partial charge in [-0.15, -0.1) is 0 Å². The van der Waals surface area contributed by atoms with E-state index in [1.807, 2.05) is 6.07 Å². The first-order valence-corrected chi connectivity index (χ1v) is 7.08. The quantitative estimate of drug-likeness (QED) is 0.843. The summed E-state index contributed by atoms with van der Waals surface area (Å²) in [6.07, 6.45) is 3.75. The van der Waals surface area contributed by atoms with Gasteiger partial charge in [0.2, 0.25) is 5.88 Å². The molecule has 0 unspecified atom stereocenters. The van der Waals surface area contributed by atoms with Crippen molar-refractivity contribution in [2.75, 3.05) is 6.26 Å². The van der Waals surface area contributed by atoms with E-state index in [9.17, 15) is 8.42 Å². The Bertz CT molecular complexity index is 716. The van der Waals surface area contributed by atoms with Crippen LogP contribution in [0.15, 0.2) is 41.6 Å². The highest BCUT2D eigenvalue weighted by Crippen LogP contribution is 2.20. The van der Waals surface area contributed by atoms with Crippen LogP contribution in [0.1, 0.15) is 5.69 Å². The number of ether oxygens (including phenoxy) is 1. The average molecular weight is 275 g/mol. The summed E-state index contributed by atoms with van der Waals surface area (Å²) >= 11 is 0. The number of benzene rings is 1. The molecule has 19 heavy (non-hydrogen) atoms. The normalized spacial score (nSPS) is 10.7. The molecular formula is C12H9N3O3S. The van der Waals surface area contributed by atoms with Gasteiger partial charge in [-0.3, -0.25) is 0 Å². The van der Waals surface area contributed by atoms with Crippen molar-refractivity contribution in [2.24, 2.45) is 0 Å². The van der Waals surface area contributed by atoms with Crippen LogP contribution in [0, 0.1) is 11.3 Å². The molecule has 0 spiro atoms. The number of nitrogens with zero attached hydrogens (tertiary/aromatic N) is 3. The van der Waals surface area contributed by atoms with E-state index in [1.54, 1.807) is 0 Å². The van der Waals surface area contributed by atoms with Gasteiger partial charge < -0.3 is 4.74 Å². The molecule has 0 radical (unpaired) electrons. The van der Waals surface area contributed by atoms with Crippen LogP contribution in [-0.2, 0) is 9.84 Å². The van der Waals surface area contributed by atoms with Crippen LogP contribution >= 0.6 is 0 Å². The summed E-state index contributed by atoms with van der Waals surface area (Å²) in [5.41, 5.74) is 0.194. The highest BCUT2D eigenvalue weighted by atomic mass is 32.2. The summed E-state index contributed by atoms with van der Waals surface area (Å²) in [4.78, 5) is 7.91. The van der Waals surface area contributed by atoms with E-state index in [4.69, 9.17) is 10.00 Å². The van der Waals surface area contributed by atoms with Crippen LogP contribution in [0.2, 0.25) is 0 Å². The smallest absolute Gasteiger partial charge is 0.237 e. The summed E-state index contributed by atoms with van der Waals surface area (Å²) in [6.45, 7) is 0. The molecular weight excluding hydrogens is 266 g/mol. The minimum absolute atomic E-state index is 0.194. The fourth-order valence-corrected chi connectivity index (χ4v) is 1.93. The van der Waals surface area contributed by atoms with E-state index in [-0.39, 0.29) is 16.5 Å². The Morgan fingerprint density at radius 3 is 2.32 bits per heavy atom. The van der Waals surface area contributed by atoms with Crippen molar-refractivity contribution in [1.29, 1.82) is 5.26 Å². The van der Waals surface area contributed by atoms with Crippen molar-refractivity contribution in [1.82, 2.24) is 9.97 Å². The van der Waals surface area contributed by atoms with Gasteiger partial charge in [-0.1, -0.05) is 0 Å². The molecule has 0 bridgehead atoms. The van der Waals surface area contributed by atoms with Gasteiger partial charge in [0, 0.05) is 6.26 Å². The zero-order valence-electron chi connectivity index (χ0n) is 9.94. The number of sulfone groups is 1. The van der Waals surface area contributed by atoms with Gasteiger partial charge in [0.05, 0.1) is 17.3 Å². The summed E-state index contributed by atoms with van der Waals surface area (Å²) in [7, 11) is -3.22. The van der Waals surface area contributed by atoms with Gasteiger partial charge in [0.1, 0.15) is 11.8 Å². The molecule has 0 aliphatic heterocycles. The van der Waals surface area contributed by atoms with Gasteiger partial charge >= 0.3 is 0 Å². The van der Waals surface area contributed by atoms with E-state index in [2.05, 4.69) is 9.97 Å². The van der Waals surface area contributed by atoms with Crippen molar-refractivity contribution < 1.29 is 13.2 Å². The Labute approximate surface area is 110 Å². The molecule has 1 aromatic carbocycles. The lowest BCUT2D eigenvalue weighted by Crippen LogP contribution is -1.96. The number of hydrogen-bond acceptors (Lipinski definition) is 6. The summed E-state index contributed by atoms with van der Waals surface area (Å²) in [6, 6.07) is 7.79. The second kappa shape index (κ2) is 5.04. The Morgan fingerprint density at radius 2 is 1.84 bits per heavy atom. The first-order chi connectivity index (χ1) is 8.99. The molecule has 2 aromatic rings. The molecule has 96 valence electrons. The highest BCUT2D eigenvalue weighted by molar-refractivity contribution is 7.90. The molecule has 1 heterocycles. The first-order valence-electron chi connectivity index (χ1n) is 5.19.